The third kappa shape index (κ3) is 2.61. The molecule has 0 aliphatic carbocycles. The Morgan fingerprint density at radius 3 is 2.89 bits per heavy atom. The van der Waals surface area contributed by atoms with Crippen LogP contribution < -0.4 is 5.73 Å². The van der Waals surface area contributed by atoms with E-state index < -0.39 is 10.0 Å². The van der Waals surface area contributed by atoms with E-state index in [1.54, 1.807) is 17.8 Å². The summed E-state index contributed by atoms with van der Waals surface area (Å²) in [6.07, 6.45) is 0. The number of thioether (sulfide) groups is 1. The van der Waals surface area contributed by atoms with E-state index in [2.05, 4.69) is 0 Å². The van der Waals surface area contributed by atoms with Crippen LogP contribution in [0.4, 0.5) is 5.69 Å². The first-order valence-electron chi connectivity index (χ1n) is 5.57. The van der Waals surface area contributed by atoms with Gasteiger partial charge in [-0.2, -0.15) is 16.1 Å². The van der Waals surface area contributed by atoms with Crippen LogP contribution in [0.5, 0.6) is 0 Å². The van der Waals surface area contributed by atoms with E-state index in [4.69, 9.17) is 17.3 Å². The first kappa shape index (κ1) is 14.0. The first-order valence-corrected chi connectivity index (χ1v) is 8.55. The van der Waals surface area contributed by atoms with Gasteiger partial charge in [-0.3, -0.25) is 0 Å². The molecule has 0 saturated carbocycles. The van der Waals surface area contributed by atoms with Crippen LogP contribution in [-0.2, 0) is 10.0 Å². The van der Waals surface area contributed by atoms with Gasteiger partial charge in [0.1, 0.15) is 4.90 Å². The zero-order chi connectivity index (χ0) is 13.3. The summed E-state index contributed by atoms with van der Waals surface area (Å²) < 4.78 is 26.6. The lowest BCUT2D eigenvalue weighted by Gasteiger charge is -2.32. The van der Waals surface area contributed by atoms with Crippen LogP contribution in [0.2, 0.25) is 5.02 Å². The fraction of sp³-hybridized carbons (Fsp3) is 0.455. The summed E-state index contributed by atoms with van der Waals surface area (Å²) in [7, 11) is -3.56. The van der Waals surface area contributed by atoms with Crippen molar-refractivity contribution in [3.8, 4) is 0 Å². The van der Waals surface area contributed by atoms with E-state index in [1.807, 2.05) is 6.92 Å². The molecule has 2 N–H and O–H groups in total. The highest BCUT2D eigenvalue weighted by atomic mass is 35.5. The van der Waals surface area contributed by atoms with Gasteiger partial charge in [-0.15, -0.1) is 0 Å². The van der Waals surface area contributed by atoms with E-state index in [9.17, 15) is 8.42 Å². The van der Waals surface area contributed by atoms with Gasteiger partial charge in [-0.1, -0.05) is 11.6 Å². The van der Waals surface area contributed by atoms with E-state index >= 15 is 0 Å². The van der Waals surface area contributed by atoms with Gasteiger partial charge in [0.05, 0.1) is 5.02 Å². The van der Waals surface area contributed by atoms with Crippen LogP contribution in [0, 0.1) is 0 Å². The molecule has 1 unspecified atom stereocenters. The monoisotopic (exact) mass is 306 g/mol. The van der Waals surface area contributed by atoms with Crippen molar-refractivity contribution >= 4 is 39.1 Å². The fourth-order valence-corrected chi connectivity index (χ4v) is 5.28. The summed E-state index contributed by atoms with van der Waals surface area (Å²) in [6, 6.07) is 4.52. The van der Waals surface area contributed by atoms with Crippen molar-refractivity contribution in [2.75, 3.05) is 23.8 Å². The molecule has 1 aromatic carbocycles. The number of nitrogens with two attached hydrogens (primary N) is 1. The summed E-state index contributed by atoms with van der Waals surface area (Å²) in [5.74, 6) is 1.61. The molecule has 1 fully saturated rings. The number of halogens is 1. The molecule has 100 valence electrons. The van der Waals surface area contributed by atoms with Crippen LogP contribution in [0.25, 0.3) is 0 Å². The SMILES string of the molecule is CC1CSCCN1S(=O)(=O)c1cc(N)ccc1Cl. The highest BCUT2D eigenvalue weighted by Crippen LogP contribution is 2.30. The largest absolute Gasteiger partial charge is 0.399 e. The van der Waals surface area contributed by atoms with Crippen molar-refractivity contribution < 1.29 is 8.42 Å². The predicted octanol–water partition coefficient (Wildman–Crippen LogP) is 2.05. The molecule has 0 spiro atoms. The number of benzene rings is 1. The van der Waals surface area contributed by atoms with Crippen molar-refractivity contribution in [3.05, 3.63) is 23.2 Å². The molecular weight excluding hydrogens is 292 g/mol. The van der Waals surface area contributed by atoms with E-state index in [1.165, 1.54) is 16.4 Å². The fourth-order valence-electron chi connectivity index (χ4n) is 1.91. The maximum Gasteiger partial charge on any atom is 0.244 e. The average Bonchev–Trinajstić information content (AvgIpc) is 2.32. The van der Waals surface area contributed by atoms with Gasteiger partial charge in [0, 0.05) is 29.8 Å². The lowest BCUT2D eigenvalue weighted by Crippen LogP contribution is -2.44. The quantitative estimate of drug-likeness (QED) is 0.849. The number of nitrogen functional groups attached to an aromatic ring is 1. The molecule has 0 aromatic heterocycles. The molecule has 0 amide bonds. The number of anilines is 1. The average molecular weight is 307 g/mol. The van der Waals surface area contributed by atoms with Crippen LogP contribution in [0.3, 0.4) is 0 Å². The third-order valence-corrected chi connectivity index (χ3v) is 6.53. The molecule has 0 radical (unpaired) electrons. The minimum atomic E-state index is -3.56. The van der Waals surface area contributed by atoms with Crippen LogP contribution in [0.1, 0.15) is 6.92 Å². The Morgan fingerprint density at radius 1 is 1.50 bits per heavy atom. The third-order valence-electron chi connectivity index (χ3n) is 2.85. The molecule has 2 rings (SSSR count). The second-order valence-electron chi connectivity index (χ2n) is 4.23. The minimum absolute atomic E-state index is 0.0220. The van der Waals surface area contributed by atoms with Crippen molar-refractivity contribution in [3.63, 3.8) is 0 Å². The number of hydrogen-bond donors (Lipinski definition) is 1. The first-order chi connectivity index (χ1) is 8.43. The second-order valence-corrected chi connectivity index (χ2v) is 7.65. The number of nitrogens with zero attached hydrogens (tertiary/aromatic N) is 1. The smallest absolute Gasteiger partial charge is 0.244 e. The molecule has 1 aromatic rings. The highest BCUT2D eigenvalue weighted by molar-refractivity contribution is 7.99. The Kier molecular flexibility index (Phi) is 4.11. The number of sulfonamides is 1. The second kappa shape index (κ2) is 5.28. The molecule has 4 nitrogen and oxygen atoms in total. The zero-order valence-electron chi connectivity index (χ0n) is 9.97. The molecule has 1 aliphatic rings. The van der Waals surface area contributed by atoms with E-state index in [-0.39, 0.29) is 16.0 Å². The normalized spacial score (nSPS) is 22.0. The van der Waals surface area contributed by atoms with E-state index in [0.717, 1.165) is 11.5 Å². The van der Waals surface area contributed by atoms with Crippen molar-refractivity contribution in [1.82, 2.24) is 4.31 Å². The standard InChI is InChI=1S/C11H15ClN2O2S2/c1-8-7-17-5-4-14(8)18(15,16)11-6-9(13)2-3-10(11)12/h2-3,6,8H,4-5,7,13H2,1H3. The highest BCUT2D eigenvalue weighted by Gasteiger charge is 2.32. The van der Waals surface area contributed by atoms with Crippen molar-refractivity contribution in [1.29, 1.82) is 0 Å². The summed E-state index contributed by atoms with van der Waals surface area (Å²) in [6.45, 7) is 2.42. The van der Waals surface area contributed by atoms with Gasteiger partial charge in [0.15, 0.2) is 0 Å². The number of rotatable bonds is 2. The topological polar surface area (TPSA) is 63.4 Å². The molecule has 1 heterocycles. The minimum Gasteiger partial charge on any atom is -0.399 e. The Balaban J connectivity index is 2.44. The van der Waals surface area contributed by atoms with Gasteiger partial charge in [-0.05, 0) is 25.1 Å². The summed E-state index contributed by atoms with van der Waals surface area (Å²) >= 11 is 7.74. The molecule has 1 saturated heterocycles. The van der Waals surface area contributed by atoms with Crippen LogP contribution >= 0.6 is 23.4 Å². The van der Waals surface area contributed by atoms with Crippen LogP contribution in [-0.4, -0.2) is 36.8 Å². The van der Waals surface area contributed by atoms with Crippen molar-refractivity contribution in [2.45, 2.75) is 17.9 Å². The molecule has 7 heteroatoms. The summed E-state index contributed by atoms with van der Waals surface area (Å²) in [5, 5.41) is 0.217. The number of hydrogen-bond acceptors (Lipinski definition) is 4. The predicted molar refractivity (Wildman–Crippen MR) is 76.5 cm³/mol. The van der Waals surface area contributed by atoms with Crippen molar-refractivity contribution in [2.24, 2.45) is 0 Å². The lowest BCUT2D eigenvalue weighted by atomic mass is 10.3. The molecule has 18 heavy (non-hydrogen) atoms. The molecule has 1 atom stereocenters. The van der Waals surface area contributed by atoms with Gasteiger partial charge in [0.25, 0.3) is 0 Å². The van der Waals surface area contributed by atoms with E-state index in [0.29, 0.717) is 12.2 Å². The molecule has 1 aliphatic heterocycles. The maximum absolute atomic E-state index is 12.5. The van der Waals surface area contributed by atoms with Gasteiger partial charge < -0.3 is 5.73 Å². The summed E-state index contributed by atoms with van der Waals surface area (Å²) in [4.78, 5) is 0.0999. The zero-order valence-corrected chi connectivity index (χ0v) is 12.4. The Bertz CT molecular complexity index is 548. The lowest BCUT2D eigenvalue weighted by molar-refractivity contribution is 0.367. The van der Waals surface area contributed by atoms with Crippen LogP contribution in [0.15, 0.2) is 23.1 Å². The van der Waals surface area contributed by atoms with Gasteiger partial charge >= 0.3 is 0 Å². The Hall–Kier alpha value is -0.430. The molecule has 0 bridgehead atoms. The Morgan fingerprint density at radius 2 is 2.22 bits per heavy atom. The van der Waals surface area contributed by atoms with Gasteiger partial charge in [-0.25, -0.2) is 8.42 Å². The molecular formula is C11H15ClN2O2S2. The maximum atomic E-state index is 12.5. The van der Waals surface area contributed by atoms with Gasteiger partial charge in [0.2, 0.25) is 10.0 Å². The Labute approximate surface area is 117 Å². The summed E-state index contributed by atoms with van der Waals surface area (Å²) in [5.41, 5.74) is 6.04.